The van der Waals surface area contributed by atoms with Gasteiger partial charge in [-0.3, -0.25) is 0 Å². The standard InChI is InChI=1S/C49H68N6O9/c50-33(13-9-29(27-57)10-15-43(58)59)5-3-6-34-37-23-31(36-22-30-11-8-28(16-20-56)21-32(30)24-38(34)36)12-14-35(37)45(55-42-7-4-19-52-42)39(25-44(60)61)40-26-41(54-48(51)53-40)46(62)47(63)49(64)17-1-2-18-49/h4,7-8,11,19-22,24-25,27,29,31,33-35,37,40-41,43,45-47,52,55,58-59,62-64H,1-3,5-6,9-10,12-18,23,26,50H2,(H,60,61)(H3,51,53,54)/b39-25+/t29-,31-,33+,34+,35-,37+,40-,41+,45+,46-,47-/m0/s1. The van der Waals surface area contributed by atoms with Crippen molar-refractivity contribution in [2.24, 2.45) is 34.2 Å². The van der Waals surface area contributed by atoms with Crippen molar-refractivity contribution < 1.29 is 45.0 Å². The zero-order valence-corrected chi connectivity index (χ0v) is 36.6. The predicted octanol–water partition coefficient (Wildman–Crippen LogP) is 4.25. The van der Waals surface area contributed by atoms with Gasteiger partial charge in [0, 0.05) is 30.7 Å². The second-order valence-corrected chi connectivity index (χ2v) is 19.2. The van der Waals surface area contributed by atoms with Crippen LogP contribution in [0.15, 0.2) is 65.3 Å². The van der Waals surface area contributed by atoms with Gasteiger partial charge >= 0.3 is 5.97 Å². The number of hydrogen-bond acceptors (Lipinski definition) is 13. The quantitative estimate of drug-likeness (QED) is 0.0383. The Morgan fingerprint density at radius 1 is 0.953 bits per heavy atom. The largest absolute Gasteiger partial charge is 0.478 e. The van der Waals surface area contributed by atoms with E-state index in [9.17, 15) is 45.0 Å². The fourth-order valence-corrected chi connectivity index (χ4v) is 11.6. The maximum Gasteiger partial charge on any atom is 0.328 e. The second-order valence-electron chi connectivity index (χ2n) is 19.2. The fraction of sp³-hybridized carbons (Fsp3) is 0.592. The number of anilines is 1. The first kappa shape index (κ1) is 47.3. The first-order valence-electron chi connectivity index (χ1n) is 23.4. The highest BCUT2D eigenvalue weighted by Gasteiger charge is 2.49. The molecule has 0 unspecified atom stereocenters. The number of aromatic nitrogens is 1. The molecular weight excluding hydrogens is 817 g/mol. The molecule has 4 aliphatic rings. The normalized spacial score (nSPS) is 26.5. The van der Waals surface area contributed by atoms with Gasteiger partial charge in [0.15, 0.2) is 12.2 Å². The molecule has 7 rings (SSSR count). The number of carbonyl (C=O) groups is 3. The Kier molecular flexibility index (Phi) is 15.6. The highest BCUT2D eigenvalue weighted by molar-refractivity contribution is 5.86. The number of nitrogens with one attached hydrogen (secondary N) is 3. The second kappa shape index (κ2) is 21.1. The summed E-state index contributed by atoms with van der Waals surface area (Å²) < 4.78 is 0. The number of benzene rings is 2. The van der Waals surface area contributed by atoms with Gasteiger partial charge in [0.2, 0.25) is 0 Å². The van der Waals surface area contributed by atoms with Gasteiger partial charge in [-0.1, -0.05) is 49.6 Å². The van der Waals surface area contributed by atoms with Gasteiger partial charge in [0.1, 0.15) is 30.6 Å². The Hall–Kier alpha value is -4.64. The van der Waals surface area contributed by atoms with Gasteiger partial charge in [-0.2, -0.15) is 0 Å². The molecule has 2 heterocycles. The summed E-state index contributed by atoms with van der Waals surface area (Å²) in [5.41, 5.74) is 15.7. The summed E-state index contributed by atoms with van der Waals surface area (Å²) in [6.07, 6.45) is 9.76. The number of aliphatic hydroxyl groups is 5. The molecule has 2 fully saturated rings. The lowest BCUT2D eigenvalue weighted by Gasteiger charge is -2.50. The van der Waals surface area contributed by atoms with Gasteiger partial charge in [0.25, 0.3) is 0 Å². The van der Waals surface area contributed by atoms with Crippen molar-refractivity contribution in [1.29, 1.82) is 0 Å². The summed E-state index contributed by atoms with van der Waals surface area (Å²) in [6, 6.07) is 12.3. The van der Waals surface area contributed by atoms with Crippen molar-refractivity contribution in [2.75, 3.05) is 5.32 Å². The van der Waals surface area contributed by atoms with E-state index in [2.05, 4.69) is 39.9 Å². The van der Waals surface area contributed by atoms with E-state index in [0.717, 1.165) is 80.3 Å². The molecule has 2 bridgehead atoms. The molecule has 1 aromatic heterocycles. The Morgan fingerprint density at radius 3 is 2.42 bits per heavy atom. The van der Waals surface area contributed by atoms with E-state index in [1.807, 2.05) is 18.2 Å². The number of fused-ring (bicyclic) bond motifs is 5. The molecule has 15 nitrogen and oxygen atoms in total. The molecule has 0 saturated heterocycles. The van der Waals surface area contributed by atoms with Gasteiger partial charge in [-0.25, -0.2) is 9.79 Å². The lowest BCUT2D eigenvalue weighted by Crippen LogP contribution is -2.60. The summed E-state index contributed by atoms with van der Waals surface area (Å²) in [4.78, 5) is 44.2. The van der Waals surface area contributed by atoms with Crippen LogP contribution in [-0.2, 0) is 20.8 Å². The molecular formula is C49H68N6O9. The van der Waals surface area contributed by atoms with Gasteiger partial charge in [-0.15, -0.1) is 0 Å². The summed E-state index contributed by atoms with van der Waals surface area (Å²) in [5.74, 6) is -0.370. The van der Waals surface area contributed by atoms with E-state index in [1.54, 1.807) is 6.20 Å². The van der Waals surface area contributed by atoms with Crippen LogP contribution in [0.1, 0.15) is 125 Å². The topological polar surface area (TPSA) is 277 Å². The number of carbonyl (C=O) groups excluding carboxylic acids is 2. The predicted molar refractivity (Wildman–Crippen MR) is 244 cm³/mol. The zero-order valence-electron chi connectivity index (χ0n) is 36.6. The number of aldehydes is 2. The Labute approximate surface area is 374 Å². The number of aliphatic imine (C=N–C) groups is 1. The number of rotatable bonds is 22. The van der Waals surface area contributed by atoms with Gasteiger partial charge < -0.3 is 67.3 Å². The molecule has 2 aromatic carbocycles. The van der Waals surface area contributed by atoms with Crippen molar-refractivity contribution in [3.8, 4) is 0 Å². The third kappa shape index (κ3) is 11.1. The first-order chi connectivity index (χ1) is 30.8. The molecule has 2 saturated carbocycles. The summed E-state index contributed by atoms with van der Waals surface area (Å²) in [6.45, 7) is 0. The number of aliphatic hydroxyl groups excluding tert-OH is 3. The van der Waals surface area contributed by atoms with Crippen molar-refractivity contribution >= 4 is 41.1 Å². The van der Waals surface area contributed by atoms with Gasteiger partial charge in [-0.05, 0) is 146 Å². The molecule has 1 aliphatic heterocycles. The van der Waals surface area contributed by atoms with Crippen LogP contribution in [0.5, 0.6) is 0 Å². The van der Waals surface area contributed by atoms with Crippen molar-refractivity contribution in [1.82, 2.24) is 10.3 Å². The lowest BCUT2D eigenvalue weighted by molar-refractivity contribution is -0.131. The third-order valence-corrected chi connectivity index (χ3v) is 15.0. The van der Waals surface area contributed by atoms with Crippen molar-refractivity contribution in [2.45, 2.75) is 163 Å². The van der Waals surface area contributed by atoms with Crippen LogP contribution in [-0.4, -0.2) is 108 Å². The van der Waals surface area contributed by atoms with E-state index in [4.69, 9.17) is 16.5 Å². The van der Waals surface area contributed by atoms with Crippen LogP contribution in [0.4, 0.5) is 5.82 Å². The van der Waals surface area contributed by atoms with Crippen LogP contribution in [0.25, 0.3) is 10.8 Å². The maximum absolute atomic E-state index is 12.9. The highest BCUT2D eigenvalue weighted by Crippen LogP contribution is 2.56. The molecule has 348 valence electrons. The summed E-state index contributed by atoms with van der Waals surface area (Å²) in [5, 5.41) is 72.2. The number of nitrogens with two attached hydrogens (primary N) is 2. The van der Waals surface area contributed by atoms with E-state index < -0.39 is 48.2 Å². The van der Waals surface area contributed by atoms with Crippen LogP contribution in [0, 0.1) is 17.8 Å². The number of hydrogen-bond donors (Lipinski definition) is 11. The highest BCUT2D eigenvalue weighted by atomic mass is 16.5. The molecule has 3 aliphatic carbocycles. The molecule has 64 heavy (non-hydrogen) atoms. The average molecular weight is 885 g/mol. The molecule has 0 amide bonds. The average Bonchev–Trinajstić information content (AvgIpc) is 3.97. The minimum absolute atomic E-state index is 0.0108. The number of aromatic amines is 1. The van der Waals surface area contributed by atoms with Gasteiger partial charge in [0.05, 0.1) is 23.7 Å². The molecule has 13 N–H and O–H groups in total. The third-order valence-electron chi connectivity index (χ3n) is 15.0. The Bertz CT molecular complexity index is 2120. The Balaban J connectivity index is 1.22. The van der Waals surface area contributed by atoms with E-state index in [1.165, 1.54) is 17.2 Å². The van der Waals surface area contributed by atoms with E-state index in [-0.39, 0.29) is 54.4 Å². The number of nitrogens with zero attached hydrogens (tertiary/aromatic N) is 1. The minimum atomic E-state index is -1.45. The Morgan fingerprint density at radius 2 is 1.72 bits per heavy atom. The first-order valence-corrected chi connectivity index (χ1v) is 23.4. The van der Waals surface area contributed by atoms with E-state index >= 15 is 0 Å². The lowest BCUT2D eigenvalue weighted by atomic mass is 9.56. The molecule has 11 atom stereocenters. The number of guanidine groups is 1. The van der Waals surface area contributed by atoms with Crippen LogP contribution >= 0.6 is 0 Å². The smallest absolute Gasteiger partial charge is 0.328 e. The molecule has 15 heteroatoms. The monoisotopic (exact) mass is 885 g/mol. The maximum atomic E-state index is 12.9. The number of aliphatic carboxylic acids is 1. The molecule has 3 aromatic rings. The van der Waals surface area contributed by atoms with Crippen LogP contribution < -0.4 is 22.1 Å². The number of carboxylic acids is 1. The van der Waals surface area contributed by atoms with Crippen molar-refractivity contribution in [3.63, 3.8) is 0 Å². The SMILES string of the molecule is NC1=N[C@H](/C(=C\C(=O)O)[C@H](Nc2ccc[nH]2)[C@H]2CC[C@H]3C[C@@H]2[C@@H](CCC[C@@H](N)CC[C@H](C=O)CCC(O)O)c2cc4cc(CC=O)ccc4cc23)C[C@H]([C@H](O)[C@H](O)C2(O)CCCC2)N1. The minimum Gasteiger partial charge on any atom is -0.478 e. The summed E-state index contributed by atoms with van der Waals surface area (Å²) >= 11 is 0. The molecule has 0 spiro atoms. The molecule has 0 radical (unpaired) electrons. The van der Waals surface area contributed by atoms with E-state index in [0.29, 0.717) is 49.9 Å². The van der Waals surface area contributed by atoms with Crippen LogP contribution in [0.2, 0.25) is 0 Å². The fourth-order valence-electron chi connectivity index (χ4n) is 11.6. The zero-order chi connectivity index (χ0) is 45.5. The van der Waals surface area contributed by atoms with Crippen LogP contribution in [0.3, 0.4) is 0 Å². The number of carboxylic acid groups (broad SMARTS) is 1. The summed E-state index contributed by atoms with van der Waals surface area (Å²) in [7, 11) is 0. The van der Waals surface area contributed by atoms with Crippen molar-refractivity contribution in [3.05, 3.63) is 77.0 Å². The number of H-pyrrole nitrogens is 1.